The Morgan fingerprint density at radius 3 is 2.94 bits per heavy atom. The molecule has 0 spiro atoms. The summed E-state index contributed by atoms with van der Waals surface area (Å²) in [6, 6.07) is 3.75. The SMILES string of the molecule is Cc1ccc(OCC2CCC(C)O2)c(N)n1. The van der Waals surface area contributed by atoms with E-state index in [0.717, 1.165) is 18.5 Å². The molecule has 0 radical (unpaired) electrons. The second-order valence-corrected chi connectivity index (χ2v) is 4.29. The average Bonchev–Trinajstić information content (AvgIpc) is 2.63. The third kappa shape index (κ3) is 2.64. The molecule has 2 rings (SSSR count). The maximum Gasteiger partial charge on any atom is 0.166 e. The van der Waals surface area contributed by atoms with Crippen LogP contribution in [0.3, 0.4) is 0 Å². The molecule has 1 aromatic heterocycles. The van der Waals surface area contributed by atoms with Gasteiger partial charge in [-0.25, -0.2) is 4.98 Å². The first-order valence-electron chi connectivity index (χ1n) is 5.66. The molecule has 0 bridgehead atoms. The number of rotatable bonds is 3. The quantitative estimate of drug-likeness (QED) is 0.848. The van der Waals surface area contributed by atoms with Crippen molar-refractivity contribution in [3.63, 3.8) is 0 Å². The van der Waals surface area contributed by atoms with Gasteiger partial charge in [0, 0.05) is 5.69 Å². The van der Waals surface area contributed by atoms with E-state index in [9.17, 15) is 0 Å². The van der Waals surface area contributed by atoms with Crippen molar-refractivity contribution < 1.29 is 9.47 Å². The molecule has 1 aliphatic heterocycles. The molecule has 1 aromatic rings. The van der Waals surface area contributed by atoms with Gasteiger partial charge in [-0.15, -0.1) is 0 Å². The first kappa shape index (κ1) is 11.2. The molecule has 0 aromatic carbocycles. The summed E-state index contributed by atoms with van der Waals surface area (Å²) in [7, 11) is 0. The van der Waals surface area contributed by atoms with E-state index in [4.69, 9.17) is 15.2 Å². The van der Waals surface area contributed by atoms with E-state index in [1.54, 1.807) is 0 Å². The summed E-state index contributed by atoms with van der Waals surface area (Å²) >= 11 is 0. The van der Waals surface area contributed by atoms with Crippen molar-refractivity contribution in [2.45, 2.75) is 38.9 Å². The van der Waals surface area contributed by atoms with Gasteiger partial charge in [0.05, 0.1) is 12.2 Å². The van der Waals surface area contributed by atoms with Crippen LogP contribution in [0.15, 0.2) is 12.1 Å². The summed E-state index contributed by atoms with van der Waals surface area (Å²) in [5.41, 5.74) is 6.66. The Kier molecular flexibility index (Phi) is 3.29. The number of hydrogen-bond acceptors (Lipinski definition) is 4. The average molecular weight is 222 g/mol. The summed E-state index contributed by atoms with van der Waals surface area (Å²) in [5, 5.41) is 0. The van der Waals surface area contributed by atoms with Gasteiger partial charge in [0.1, 0.15) is 6.61 Å². The fraction of sp³-hybridized carbons (Fsp3) is 0.583. The van der Waals surface area contributed by atoms with Gasteiger partial charge in [0.25, 0.3) is 0 Å². The zero-order chi connectivity index (χ0) is 11.5. The normalized spacial score (nSPS) is 24.6. The van der Waals surface area contributed by atoms with Crippen LogP contribution in [0.4, 0.5) is 5.82 Å². The molecular formula is C12H18N2O2. The lowest BCUT2D eigenvalue weighted by molar-refractivity contribution is 0.0266. The lowest BCUT2D eigenvalue weighted by Gasteiger charge is -2.13. The van der Waals surface area contributed by atoms with E-state index in [-0.39, 0.29) is 6.10 Å². The lowest BCUT2D eigenvalue weighted by Crippen LogP contribution is -2.18. The maximum atomic E-state index is 5.76. The molecule has 4 nitrogen and oxygen atoms in total. The molecule has 88 valence electrons. The molecule has 0 saturated carbocycles. The smallest absolute Gasteiger partial charge is 0.166 e. The number of ether oxygens (including phenoxy) is 2. The third-order valence-electron chi connectivity index (χ3n) is 2.77. The van der Waals surface area contributed by atoms with E-state index >= 15 is 0 Å². The molecule has 4 heteroatoms. The number of pyridine rings is 1. The van der Waals surface area contributed by atoms with Gasteiger partial charge in [-0.3, -0.25) is 0 Å². The highest BCUT2D eigenvalue weighted by Crippen LogP contribution is 2.23. The Labute approximate surface area is 95.8 Å². The fourth-order valence-corrected chi connectivity index (χ4v) is 1.88. The van der Waals surface area contributed by atoms with E-state index in [0.29, 0.717) is 24.3 Å². The summed E-state index contributed by atoms with van der Waals surface area (Å²) < 4.78 is 11.3. The minimum absolute atomic E-state index is 0.190. The van der Waals surface area contributed by atoms with E-state index < -0.39 is 0 Å². The zero-order valence-corrected chi connectivity index (χ0v) is 9.77. The Morgan fingerprint density at radius 1 is 1.50 bits per heavy atom. The van der Waals surface area contributed by atoms with Gasteiger partial charge >= 0.3 is 0 Å². The molecule has 0 amide bonds. The summed E-state index contributed by atoms with van der Waals surface area (Å²) in [6.45, 7) is 4.54. The molecule has 1 saturated heterocycles. The summed E-state index contributed by atoms with van der Waals surface area (Å²) in [4.78, 5) is 4.15. The van der Waals surface area contributed by atoms with Crippen LogP contribution in [-0.4, -0.2) is 23.8 Å². The Bertz CT molecular complexity index is 368. The number of nitrogen functional groups attached to an aromatic ring is 1. The molecule has 2 unspecified atom stereocenters. The largest absolute Gasteiger partial charge is 0.487 e. The Morgan fingerprint density at radius 2 is 2.31 bits per heavy atom. The van der Waals surface area contributed by atoms with Crippen molar-refractivity contribution in [3.8, 4) is 5.75 Å². The van der Waals surface area contributed by atoms with Crippen LogP contribution in [0.2, 0.25) is 0 Å². The van der Waals surface area contributed by atoms with Gasteiger partial charge < -0.3 is 15.2 Å². The van der Waals surface area contributed by atoms with Crippen LogP contribution < -0.4 is 10.5 Å². The molecule has 0 aliphatic carbocycles. The highest BCUT2D eigenvalue weighted by molar-refractivity contribution is 5.46. The lowest BCUT2D eigenvalue weighted by atomic mass is 10.2. The molecule has 2 atom stereocenters. The van der Waals surface area contributed by atoms with Crippen LogP contribution in [0, 0.1) is 6.92 Å². The van der Waals surface area contributed by atoms with Crippen molar-refractivity contribution in [1.29, 1.82) is 0 Å². The number of nitrogens with zero attached hydrogens (tertiary/aromatic N) is 1. The monoisotopic (exact) mass is 222 g/mol. The standard InChI is InChI=1S/C12H18N2O2/c1-8-3-6-11(12(13)14-8)15-7-10-5-4-9(2)16-10/h3,6,9-10H,4-5,7H2,1-2H3,(H2,13,14). The highest BCUT2D eigenvalue weighted by Gasteiger charge is 2.22. The number of aromatic nitrogens is 1. The number of nitrogens with two attached hydrogens (primary N) is 1. The second kappa shape index (κ2) is 4.70. The van der Waals surface area contributed by atoms with Crippen molar-refractivity contribution in [3.05, 3.63) is 17.8 Å². The second-order valence-electron chi connectivity index (χ2n) is 4.29. The molecular weight excluding hydrogens is 204 g/mol. The van der Waals surface area contributed by atoms with Gasteiger partial charge in [-0.2, -0.15) is 0 Å². The topological polar surface area (TPSA) is 57.4 Å². The first-order valence-corrected chi connectivity index (χ1v) is 5.66. The van der Waals surface area contributed by atoms with Gasteiger partial charge in [0.2, 0.25) is 0 Å². The van der Waals surface area contributed by atoms with Crippen molar-refractivity contribution in [2.75, 3.05) is 12.3 Å². The van der Waals surface area contributed by atoms with Crippen molar-refractivity contribution >= 4 is 5.82 Å². The van der Waals surface area contributed by atoms with Crippen LogP contribution in [0.25, 0.3) is 0 Å². The van der Waals surface area contributed by atoms with Crippen molar-refractivity contribution in [1.82, 2.24) is 4.98 Å². The fourth-order valence-electron chi connectivity index (χ4n) is 1.88. The maximum absolute atomic E-state index is 5.76. The van der Waals surface area contributed by atoms with Gasteiger partial charge in [0.15, 0.2) is 11.6 Å². The highest BCUT2D eigenvalue weighted by atomic mass is 16.5. The number of anilines is 1. The van der Waals surface area contributed by atoms with Crippen molar-refractivity contribution in [2.24, 2.45) is 0 Å². The number of aryl methyl sites for hydroxylation is 1. The van der Waals surface area contributed by atoms with E-state index in [1.165, 1.54) is 0 Å². The van der Waals surface area contributed by atoms with Crippen LogP contribution in [0.1, 0.15) is 25.5 Å². The molecule has 2 heterocycles. The predicted octanol–water partition coefficient (Wildman–Crippen LogP) is 1.92. The van der Waals surface area contributed by atoms with E-state index in [2.05, 4.69) is 11.9 Å². The molecule has 1 fully saturated rings. The Hall–Kier alpha value is -1.29. The van der Waals surface area contributed by atoms with Crippen LogP contribution in [0.5, 0.6) is 5.75 Å². The predicted molar refractivity (Wildman–Crippen MR) is 62.5 cm³/mol. The summed E-state index contributed by atoms with van der Waals surface area (Å²) in [5.74, 6) is 1.10. The van der Waals surface area contributed by atoms with E-state index in [1.807, 2.05) is 19.1 Å². The zero-order valence-electron chi connectivity index (χ0n) is 9.77. The molecule has 16 heavy (non-hydrogen) atoms. The minimum Gasteiger partial charge on any atom is -0.487 e. The van der Waals surface area contributed by atoms with Gasteiger partial charge in [-0.1, -0.05) is 0 Å². The molecule has 1 aliphatic rings. The summed E-state index contributed by atoms with van der Waals surface area (Å²) in [6.07, 6.45) is 2.70. The third-order valence-corrected chi connectivity index (χ3v) is 2.77. The van der Waals surface area contributed by atoms with Crippen LogP contribution >= 0.6 is 0 Å². The molecule has 2 N–H and O–H groups in total. The van der Waals surface area contributed by atoms with Crippen LogP contribution in [-0.2, 0) is 4.74 Å². The van der Waals surface area contributed by atoms with Gasteiger partial charge in [-0.05, 0) is 38.8 Å². The number of hydrogen-bond donors (Lipinski definition) is 1. The first-order chi connectivity index (χ1) is 7.65. The Balaban J connectivity index is 1.89. The minimum atomic E-state index is 0.190.